The Balaban J connectivity index is 2.18. The molecule has 146 valence electrons. The van der Waals surface area contributed by atoms with E-state index in [0.29, 0.717) is 17.0 Å². The first-order valence-corrected chi connectivity index (χ1v) is 9.15. The Kier molecular flexibility index (Phi) is 5.10. The van der Waals surface area contributed by atoms with Gasteiger partial charge in [0.2, 0.25) is 0 Å². The third-order valence-electron chi connectivity index (χ3n) is 4.00. The van der Waals surface area contributed by atoms with Crippen molar-refractivity contribution in [3.63, 3.8) is 0 Å². The van der Waals surface area contributed by atoms with E-state index in [1.165, 1.54) is 31.5 Å². The molecule has 0 spiro atoms. The molecule has 0 fully saturated rings. The molecular formula is C17H12F3N3O4S. The van der Waals surface area contributed by atoms with Gasteiger partial charge in [-0.25, -0.2) is 9.18 Å². The van der Waals surface area contributed by atoms with E-state index < -0.39 is 27.8 Å². The molecule has 0 bridgehead atoms. The molecule has 0 aliphatic carbocycles. The molecular weight excluding hydrogens is 399 g/mol. The molecule has 2 aromatic rings. The summed E-state index contributed by atoms with van der Waals surface area (Å²) in [6, 6.07) is 11.0. The first-order valence-electron chi connectivity index (χ1n) is 7.74. The molecule has 0 amide bonds. The lowest BCUT2D eigenvalue weighted by Gasteiger charge is -2.28. The van der Waals surface area contributed by atoms with Crippen LogP contribution in [0.1, 0.15) is 29.0 Å². The number of hydrogen-bond donors (Lipinski definition) is 0. The maximum Gasteiger partial charge on any atom is 0.523 e. The number of methoxy groups -OCH3 is 1. The largest absolute Gasteiger partial charge is 0.523 e. The molecule has 28 heavy (non-hydrogen) atoms. The standard InChI is InChI=1S/C17H12F3N3O4S/c1-26-10-5-6-11-12(8-10)15(13-4-2-3-7-22-13)14(9-21)23-16(11)27-28(24,25)17(18,19)20/h2-8,15-16H,1H3. The van der Waals surface area contributed by atoms with E-state index in [9.17, 15) is 26.9 Å². The summed E-state index contributed by atoms with van der Waals surface area (Å²) in [5.41, 5.74) is -5.08. The Morgan fingerprint density at radius 2 is 1.93 bits per heavy atom. The number of fused-ring (bicyclic) bond motifs is 1. The van der Waals surface area contributed by atoms with Gasteiger partial charge < -0.3 is 4.74 Å². The van der Waals surface area contributed by atoms with Crippen LogP contribution in [0.5, 0.6) is 5.75 Å². The third-order valence-corrected chi connectivity index (χ3v) is 5.00. The number of alkyl halides is 3. The van der Waals surface area contributed by atoms with E-state index in [-0.39, 0.29) is 11.3 Å². The molecule has 0 N–H and O–H groups in total. The summed E-state index contributed by atoms with van der Waals surface area (Å²) < 4.78 is 70.6. The minimum absolute atomic E-state index is 0.0586. The highest BCUT2D eigenvalue weighted by Crippen LogP contribution is 2.41. The molecule has 2 unspecified atom stereocenters. The molecule has 7 nitrogen and oxygen atoms in total. The molecule has 3 rings (SSSR count). The minimum Gasteiger partial charge on any atom is -0.497 e. The highest BCUT2D eigenvalue weighted by Gasteiger charge is 2.50. The number of aromatic nitrogens is 1. The Morgan fingerprint density at radius 3 is 2.50 bits per heavy atom. The van der Waals surface area contributed by atoms with E-state index in [4.69, 9.17) is 4.74 Å². The van der Waals surface area contributed by atoms with Crippen molar-refractivity contribution in [3.05, 3.63) is 59.4 Å². The van der Waals surface area contributed by atoms with Gasteiger partial charge in [0.1, 0.15) is 17.5 Å². The number of rotatable bonds is 4. The Labute approximate surface area is 158 Å². The van der Waals surface area contributed by atoms with Crippen molar-refractivity contribution in [2.45, 2.75) is 17.7 Å². The predicted molar refractivity (Wildman–Crippen MR) is 90.9 cm³/mol. The Bertz CT molecular complexity index is 1060. The second-order valence-corrected chi connectivity index (χ2v) is 7.22. The summed E-state index contributed by atoms with van der Waals surface area (Å²) in [5.74, 6) is -0.457. The van der Waals surface area contributed by atoms with Gasteiger partial charge in [0, 0.05) is 11.8 Å². The molecule has 1 aliphatic heterocycles. The normalized spacial score (nSPS) is 19.3. The van der Waals surface area contributed by atoms with Crippen LogP contribution in [0.15, 0.2) is 47.6 Å². The number of benzene rings is 1. The lowest BCUT2D eigenvalue weighted by Crippen LogP contribution is -2.30. The van der Waals surface area contributed by atoms with Crippen molar-refractivity contribution in [1.82, 2.24) is 4.98 Å². The average Bonchev–Trinajstić information content (AvgIpc) is 2.66. The van der Waals surface area contributed by atoms with Crippen LogP contribution in [0.4, 0.5) is 13.2 Å². The van der Waals surface area contributed by atoms with Crippen molar-refractivity contribution in [1.29, 1.82) is 5.26 Å². The maximum absolute atomic E-state index is 12.7. The molecule has 11 heteroatoms. The van der Waals surface area contributed by atoms with Crippen molar-refractivity contribution < 1.29 is 30.5 Å². The highest BCUT2D eigenvalue weighted by molar-refractivity contribution is 7.87. The number of ether oxygens (including phenoxy) is 1. The highest BCUT2D eigenvalue weighted by atomic mass is 32.2. The molecule has 1 aliphatic rings. The SMILES string of the molecule is COc1ccc2c(c1)C(c1ccccn1)C(C#N)=NC2OS(=O)(=O)C(F)(F)F. The van der Waals surface area contributed by atoms with E-state index in [1.54, 1.807) is 24.3 Å². The molecule has 0 saturated heterocycles. The van der Waals surface area contributed by atoms with Crippen LogP contribution in [0.25, 0.3) is 0 Å². The summed E-state index contributed by atoms with van der Waals surface area (Å²) in [6.07, 6.45) is -0.372. The first kappa shape index (κ1) is 19.8. The number of nitrogens with zero attached hydrogens (tertiary/aromatic N) is 3. The van der Waals surface area contributed by atoms with Gasteiger partial charge in [0.15, 0.2) is 6.23 Å². The fraction of sp³-hybridized carbons (Fsp3) is 0.235. The second kappa shape index (κ2) is 7.21. The molecule has 1 aromatic heterocycles. The van der Waals surface area contributed by atoms with Gasteiger partial charge in [-0.1, -0.05) is 12.1 Å². The van der Waals surface area contributed by atoms with Crippen LogP contribution in [0.2, 0.25) is 0 Å². The molecule has 1 aromatic carbocycles. The fourth-order valence-electron chi connectivity index (χ4n) is 2.76. The third kappa shape index (κ3) is 3.56. The van der Waals surface area contributed by atoms with Crippen LogP contribution in [-0.4, -0.2) is 31.7 Å². The van der Waals surface area contributed by atoms with Crippen LogP contribution >= 0.6 is 0 Å². The van der Waals surface area contributed by atoms with E-state index in [2.05, 4.69) is 14.2 Å². The number of nitriles is 1. The number of hydrogen-bond acceptors (Lipinski definition) is 7. The van der Waals surface area contributed by atoms with Crippen LogP contribution in [0.3, 0.4) is 0 Å². The summed E-state index contributed by atoms with van der Waals surface area (Å²) >= 11 is 0. The smallest absolute Gasteiger partial charge is 0.497 e. The van der Waals surface area contributed by atoms with Gasteiger partial charge in [-0.15, -0.1) is 0 Å². The zero-order chi connectivity index (χ0) is 20.5. The van der Waals surface area contributed by atoms with Crippen molar-refractivity contribution in [2.75, 3.05) is 7.11 Å². The zero-order valence-electron chi connectivity index (χ0n) is 14.2. The van der Waals surface area contributed by atoms with Gasteiger partial charge in [-0.3, -0.25) is 4.98 Å². The van der Waals surface area contributed by atoms with Gasteiger partial charge in [0.05, 0.1) is 18.7 Å². The van der Waals surface area contributed by atoms with E-state index in [0.717, 1.165) is 0 Å². The number of halogens is 3. The molecule has 0 saturated carbocycles. The number of aliphatic imine (C=N–C) groups is 1. The average molecular weight is 411 g/mol. The van der Waals surface area contributed by atoms with Gasteiger partial charge >= 0.3 is 15.6 Å². The fourth-order valence-corrected chi connectivity index (χ4v) is 3.26. The zero-order valence-corrected chi connectivity index (χ0v) is 15.0. The Morgan fingerprint density at radius 1 is 1.18 bits per heavy atom. The summed E-state index contributed by atoms with van der Waals surface area (Å²) in [4.78, 5) is 8.01. The summed E-state index contributed by atoms with van der Waals surface area (Å²) in [5, 5.41) is 9.48. The summed E-state index contributed by atoms with van der Waals surface area (Å²) in [7, 11) is -4.54. The minimum atomic E-state index is -5.93. The van der Waals surface area contributed by atoms with Gasteiger partial charge in [-0.05, 0) is 29.8 Å². The topological polar surface area (TPSA) is 102 Å². The number of pyridine rings is 1. The van der Waals surface area contributed by atoms with Gasteiger partial charge in [-0.2, -0.15) is 26.9 Å². The summed E-state index contributed by atoms with van der Waals surface area (Å²) in [6.45, 7) is 0. The first-order chi connectivity index (χ1) is 13.2. The van der Waals surface area contributed by atoms with Crippen LogP contribution in [-0.2, 0) is 14.3 Å². The van der Waals surface area contributed by atoms with Crippen molar-refractivity contribution in [3.8, 4) is 11.8 Å². The van der Waals surface area contributed by atoms with Crippen LogP contribution < -0.4 is 4.74 Å². The molecule has 2 heterocycles. The lowest BCUT2D eigenvalue weighted by atomic mass is 9.84. The monoisotopic (exact) mass is 411 g/mol. The van der Waals surface area contributed by atoms with Crippen molar-refractivity contribution >= 4 is 15.8 Å². The van der Waals surface area contributed by atoms with E-state index in [1.807, 2.05) is 0 Å². The molecule has 0 radical (unpaired) electrons. The van der Waals surface area contributed by atoms with Crippen molar-refractivity contribution in [2.24, 2.45) is 4.99 Å². The van der Waals surface area contributed by atoms with Gasteiger partial charge in [0.25, 0.3) is 0 Å². The van der Waals surface area contributed by atoms with Crippen LogP contribution in [0, 0.1) is 11.3 Å². The quantitative estimate of drug-likeness (QED) is 0.566. The Hall–Kier alpha value is -2.97. The molecule has 2 atom stereocenters. The van der Waals surface area contributed by atoms with E-state index >= 15 is 0 Å². The second-order valence-electron chi connectivity index (χ2n) is 5.66. The lowest BCUT2D eigenvalue weighted by molar-refractivity contribution is -0.0573. The maximum atomic E-state index is 12.7. The predicted octanol–water partition coefficient (Wildman–Crippen LogP) is 3.07.